The van der Waals surface area contributed by atoms with E-state index in [-0.39, 0.29) is 29.3 Å². The summed E-state index contributed by atoms with van der Waals surface area (Å²) in [5.41, 5.74) is 0. The highest BCUT2D eigenvalue weighted by Crippen LogP contribution is 2.25. The number of amides is 1. The molecular formula is C17H25ClN2O3S. The molecule has 1 aromatic rings. The molecular weight excluding hydrogens is 348 g/mol. The lowest BCUT2D eigenvalue weighted by atomic mass is 9.98. The number of benzene rings is 1. The number of hydrogen-bond acceptors (Lipinski definition) is 3. The highest BCUT2D eigenvalue weighted by atomic mass is 35.5. The molecule has 0 radical (unpaired) electrons. The van der Waals surface area contributed by atoms with Gasteiger partial charge in [-0.25, -0.2) is 8.42 Å². The smallest absolute Gasteiger partial charge is 0.243 e. The molecule has 134 valence electrons. The highest BCUT2D eigenvalue weighted by Gasteiger charge is 2.33. The predicted molar refractivity (Wildman–Crippen MR) is 95.4 cm³/mol. The number of piperidine rings is 1. The Bertz CT molecular complexity index is 657. The van der Waals surface area contributed by atoms with Crippen molar-refractivity contribution in [3.8, 4) is 0 Å². The van der Waals surface area contributed by atoms with Crippen LogP contribution in [-0.4, -0.2) is 37.8 Å². The summed E-state index contributed by atoms with van der Waals surface area (Å²) in [6.07, 6.45) is 3.16. The Hall–Kier alpha value is -1.11. The van der Waals surface area contributed by atoms with Gasteiger partial charge in [0, 0.05) is 24.2 Å². The monoisotopic (exact) mass is 372 g/mol. The number of halogens is 1. The molecule has 1 N–H and O–H groups in total. The molecule has 0 aliphatic carbocycles. The Labute approximate surface area is 149 Å². The second-order valence-electron chi connectivity index (χ2n) is 6.18. The SMILES string of the molecule is CCC(CC)NC(=O)C1CCCN(S(=O)(=O)c2ccc(Cl)cc2)C1. The van der Waals surface area contributed by atoms with Crippen LogP contribution in [0.5, 0.6) is 0 Å². The molecule has 1 unspecified atom stereocenters. The molecule has 0 spiro atoms. The van der Waals surface area contributed by atoms with E-state index in [1.54, 1.807) is 12.1 Å². The van der Waals surface area contributed by atoms with Gasteiger partial charge in [0.05, 0.1) is 10.8 Å². The van der Waals surface area contributed by atoms with Crippen molar-refractivity contribution >= 4 is 27.5 Å². The number of nitrogens with zero attached hydrogens (tertiary/aromatic N) is 1. The Balaban J connectivity index is 2.09. The third kappa shape index (κ3) is 4.49. The molecule has 1 atom stereocenters. The summed E-state index contributed by atoms with van der Waals surface area (Å²) in [5.74, 6) is -0.332. The van der Waals surface area contributed by atoms with Gasteiger partial charge in [0.15, 0.2) is 0 Å². The van der Waals surface area contributed by atoms with Gasteiger partial charge in [-0.2, -0.15) is 4.31 Å². The van der Waals surface area contributed by atoms with E-state index in [1.807, 2.05) is 13.8 Å². The standard InChI is InChI=1S/C17H25ClN2O3S/c1-3-15(4-2)19-17(21)13-6-5-11-20(12-13)24(22,23)16-9-7-14(18)8-10-16/h7-10,13,15H,3-6,11-12H2,1-2H3,(H,19,21). The summed E-state index contributed by atoms with van der Waals surface area (Å²) in [7, 11) is -3.59. The minimum absolute atomic E-state index is 0.0419. The lowest BCUT2D eigenvalue weighted by Crippen LogP contribution is -2.47. The van der Waals surface area contributed by atoms with E-state index in [0.717, 1.165) is 19.3 Å². The van der Waals surface area contributed by atoms with Crippen LogP contribution in [0.4, 0.5) is 0 Å². The van der Waals surface area contributed by atoms with E-state index in [9.17, 15) is 13.2 Å². The fourth-order valence-corrected chi connectivity index (χ4v) is 4.59. The van der Waals surface area contributed by atoms with Crippen LogP contribution in [0, 0.1) is 5.92 Å². The molecule has 0 bridgehead atoms. The maximum atomic E-state index is 12.8. The first-order valence-electron chi connectivity index (χ1n) is 8.44. The topological polar surface area (TPSA) is 66.5 Å². The average molecular weight is 373 g/mol. The van der Waals surface area contributed by atoms with E-state index < -0.39 is 10.0 Å². The van der Waals surface area contributed by atoms with Crippen LogP contribution in [-0.2, 0) is 14.8 Å². The zero-order chi connectivity index (χ0) is 17.7. The fraction of sp³-hybridized carbons (Fsp3) is 0.588. The van der Waals surface area contributed by atoms with Crippen LogP contribution in [0.2, 0.25) is 5.02 Å². The lowest BCUT2D eigenvalue weighted by molar-refractivity contribution is -0.126. The first-order chi connectivity index (χ1) is 11.4. The second kappa shape index (κ2) is 8.32. The molecule has 1 aliphatic heterocycles. The maximum absolute atomic E-state index is 12.8. The molecule has 7 heteroatoms. The maximum Gasteiger partial charge on any atom is 0.243 e. The second-order valence-corrected chi connectivity index (χ2v) is 8.55. The summed E-state index contributed by atoms with van der Waals surface area (Å²) in [4.78, 5) is 12.6. The zero-order valence-electron chi connectivity index (χ0n) is 14.2. The summed E-state index contributed by atoms with van der Waals surface area (Å²) < 4.78 is 26.9. The van der Waals surface area contributed by atoms with Gasteiger partial charge < -0.3 is 5.32 Å². The number of carbonyl (C=O) groups is 1. The Morgan fingerprint density at radius 2 is 1.92 bits per heavy atom. The third-order valence-electron chi connectivity index (χ3n) is 4.54. The van der Waals surface area contributed by atoms with Gasteiger partial charge in [0.2, 0.25) is 15.9 Å². The normalized spacial score (nSPS) is 19.4. The predicted octanol–water partition coefficient (Wildman–Crippen LogP) is 3.05. The van der Waals surface area contributed by atoms with Gasteiger partial charge in [0.25, 0.3) is 0 Å². The van der Waals surface area contributed by atoms with Gasteiger partial charge in [-0.3, -0.25) is 4.79 Å². The van der Waals surface area contributed by atoms with Gasteiger partial charge in [-0.15, -0.1) is 0 Å². The van der Waals surface area contributed by atoms with Gasteiger partial charge in [0.1, 0.15) is 0 Å². The van der Waals surface area contributed by atoms with Crippen LogP contribution in [0.25, 0.3) is 0 Å². The molecule has 1 aliphatic rings. The Kier molecular flexibility index (Phi) is 6.66. The van der Waals surface area contributed by atoms with Crippen molar-refractivity contribution in [2.45, 2.75) is 50.5 Å². The van der Waals surface area contributed by atoms with Crippen LogP contribution < -0.4 is 5.32 Å². The number of nitrogens with one attached hydrogen (secondary N) is 1. The molecule has 1 saturated heterocycles. The van der Waals surface area contributed by atoms with E-state index in [0.29, 0.717) is 18.0 Å². The van der Waals surface area contributed by atoms with Gasteiger partial charge in [-0.1, -0.05) is 25.4 Å². The largest absolute Gasteiger partial charge is 0.353 e. The summed E-state index contributed by atoms with van der Waals surface area (Å²) in [6.45, 7) is 4.75. The number of carbonyl (C=O) groups excluding carboxylic acids is 1. The van der Waals surface area contributed by atoms with Crippen molar-refractivity contribution in [2.24, 2.45) is 5.92 Å². The Morgan fingerprint density at radius 3 is 2.50 bits per heavy atom. The van der Waals surface area contributed by atoms with Gasteiger partial charge in [-0.05, 0) is 49.9 Å². The molecule has 1 aromatic carbocycles. The van der Waals surface area contributed by atoms with Crippen molar-refractivity contribution in [2.75, 3.05) is 13.1 Å². The number of rotatable bonds is 6. The van der Waals surface area contributed by atoms with E-state index >= 15 is 0 Å². The van der Waals surface area contributed by atoms with Crippen molar-refractivity contribution in [1.82, 2.24) is 9.62 Å². The van der Waals surface area contributed by atoms with Crippen LogP contribution in [0.1, 0.15) is 39.5 Å². The van der Waals surface area contributed by atoms with Crippen LogP contribution >= 0.6 is 11.6 Å². The highest BCUT2D eigenvalue weighted by molar-refractivity contribution is 7.89. The van der Waals surface area contributed by atoms with Crippen molar-refractivity contribution in [1.29, 1.82) is 0 Å². The summed E-state index contributed by atoms with van der Waals surface area (Å²) in [5, 5.41) is 3.52. The third-order valence-corrected chi connectivity index (χ3v) is 6.67. The molecule has 1 fully saturated rings. The van der Waals surface area contributed by atoms with Crippen LogP contribution in [0.15, 0.2) is 29.2 Å². The molecule has 0 aromatic heterocycles. The van der Waals surface area contributed by atoms with E-state index in [2.05, 4.69) is 5.32 Å². The lowest BCUT2D eigenvalue weighted by Gasteiger charge is -2.32. The van der Waals surface area contributed by atoms with Crippen molar-refractivity contribution < 1.29 is 13.2 Å². The minimum Gasteiger partial charge on any atom is -0.353 e. The molecule has 2 rings (SSSR count). The van der Waals surface area contributed by atoms with Crippen molar-refractivity contribution in [3.63, 3.8) is 0 Å². The van der Waals surface area contributed by atoms with Crippen molar-refractivity contribution in [3.05, 3.63) is 29.3 Å². The zero-order valence-corrected chi connectivity index (χ0v) is 15.7. The average Bonchev–Trinajstić information content (AvgIpc) is 2.60. The quantitative estimate of drug-likeness (QED) is 0.834. The molecule has 1 amide bonds. The molecule has 1 heterocycles. The van der Waals surface area contributed by atoms with E-state index in [4.69, 9.17) is 11.6 Å². The summed E-state index contributed by atoms with van der Waals surface area (Å²) in [6, 6.07) is 6.29. The summed E-state index contributed by atoms with van der Waals surface area (Å²) >= 11 is 5.83. The fourth-order valence-electron chi connectivity index (χ4n) is 2.94. The first kappa shape index (κ1) is 19.2. The molecule has 5 nitrogen and oxygen atoms in total. The van der Waals surface area contributed by atoms with E-state index in [1.165, 1.54) is 16.4 Å². The minimum atomic E-state index is -3.59. The first-order valence-corrected chi connectivity index (χ1v) is 10.3. The number of hydrogen-bond donors (Lipinski definition) is 1. The number of sulfonamides is 1. The Morgan fingerprint density at radius 1 is 1.29 bits per heavy atom. The molecule has 0 saturated carbocycles. The van der Waals surface area contributed by atoms with Crippen LogP contribution in [0.3, 0.4) is 0 Å². The molecule has 24 heavy (non-hydrogen) atoms. The van der Waals surface area contributed by atoms with Gasteiger partial charge >= 0.3 is 0 Å².